The summed E-state index contributed by atoms with van der Waals surface area (Å²) >= 11 is 3.51. The minimum atomic E-state index is -0.567. The summed E-state index contributed by atoms with van der Waals surface area (Å²) in [6, 6.07) is 0.344. The van der Waals surface area contributed by atoms with Crippen molar-refractivity contribution in [2.45, 2.75) is 50.8 Å². The average Bonchev–Trinajstić information content (AvgIpc) is 2.75. The second kappa shape index (κ2) is 3.09. The van der Waals surface area contributed by atoms with E-state index in [0.717, 1.165) is 4.48 Å². The minimum Gasteiger partial charge on any atom is -0.342 e. The molecular weight excluding hydrogens is 274 g/mol. The number of amides is 1. The first-order valence-electron chi connectivity index (χ1n) is 5.42. The van der Waals surface area contributed by atoms with Gasteiger partial charge in [-0.3, -0.25) is 4.79 Å². The molecule has 2 unspecified atom stereocenters. The van der Waals surface area contributed by atoms with Crippen LogP contribution in [0.5, 0.6) is 0 Å². The molecule has 3 rings (SSSR count). The molecule has 0 radical (unpaired) electrons. The third-order valence-electron chi connectivity index (χ3n) is 3.33. The van der Waals surface area contributed by atoms with E-state index in [-0.39, 0.29) is 30.2 Å². The molecule has 0 N–H and O–H groups in total. The van der Waals surface area contributed by atoms with Crippen molar-refractivity contribution in [2.75, 3.05) is 0 Å². The maximum Gasteiger partial charge on any atom is 0.220 e. The Morgan fingerprint density at radius 3 is 2.81 bits per heavy atom. The monoisotopic (exact) mass is 287 g/mol. The molecule has 0 saturated carbocycles. The molecule has 0 spiro atoms. The molecule has 2 fully saturated rings. The molecule has 0 aromatic carbocycles. The van der Waals surface area contributed by atoms with E-state index in [1.165, 1.54) is 0 Å². The van der Waals surface area contributed by atoms with Crippen LogP contribution in [0, 0.1) is 0 Å². The molecule has 2 saturated heterocycles. The molecule has 2 aliphatic heterocycles. The molecule has 4 atom stereocenters. The van der Waals surface area contributed by atoms with E-state index in [1.807, 2.05) is 18.7 Å². The molecule has 2 heterocycles. The average molecular weight is 288 g/mol. The fourth-order valence-corrected chi connectivity index (χ4v) is 3.35. The summed E-state index contributed by atoms with van der Waals surface area (Å²) in [5.41, 5.74) is 0. The normalized spacial score (nSPS) is 43.5. The molecular formula is C11H14BrNO3. The number of halogens is 1. The Kier molecular flexibility index (Phi) is 2.07. The van der Waals surface area contributed by atoms with Crippen LogP contribution in [0.2, 0.25) is 0 Å². The first-order valence-corrected chi connectivity index (χ1v) is 6.22. The number of ether oxygens (including phenoxy) is 2. The highest BCUT2D eigenvalue weighted by molar-refractivity contribution is 9.11. The second-order valence-electron chi connectivity index (χ2n) is 4.98. The van der Waals surface area contributed by atoms with Gasteiger partial charge in [0.1, 0.15) is 12.2 Å². The van der Waals surface area contributed by atoms with E-state index in [9.17, 15) is 4.79 Å². The summed E-state index contributed by atoms with van der Waals surface area (Å²) in [4.78, 5) is 13.3. The molecule has 0 bridgehead atoms. The first kappa shape index (κ1) is 10.7. The van der Waals surface area contributed by atoms with Gasteiger partial charge in [-0.1, -0.05) is 15.9 Å². The van der Waals surface area contributed by atoms with E-state index in [1.54, 1.807) is 6.92 Å². The van der Waals surface area contributed by atoms with E-state index in [2.05, 4.69) is 22.0 Å². The lowest BCUT2D eigenvalue weighted by Crippen LogP contribution is -2.33. The van der Waals surface area contributed by atoms with Gasteiger partial charge in [0.05, 0.1) is 12.1 Å². The molecule has 0 aromatic heterocycles. The summed E-state index contributed by atoms with van der Waals surface area (Å²) in [5.74, 6) is -0.470. The van der Waals surface area contributed by atoms with E-state index < -0.39 is 5.79 Å². The summed E-state index contributed by atoms with van der Waals surface area (Å²) in [7, 11) is 0. The van der Waals surface area contributed by atoms with Crippen LogP contribution in [-0.4, -0.2) is 40.9 Å². The second-order valence-corrected chi connectivity index (χ2v) is 5.90. The summed E-state index contributed by atoms with van der Waals surface area (Å²) in [5, 5.41) is 0. The van der Waals surface area contributed by atoms with Gasteiger partial charge in [-0.25, -0.2) is 0 Å². The lowest BCUT2D eigenvalue weighted by Gasteiger charge is -2.18. The topological polar surface area (TPSA) is 38.5 Å². The van der Waals surface area contributed by atoms with Crippen LogP contribution in [0.3, 0.4) is 0 Å². The molecule has 1 amide bonds. The van der Waals surface area contributed by atoms with Crippen LogP contribution in [0.25, 0.3) is 0 Å². The standard InChI is InChI=1S/C11H14BrNO3/c1-5(14)13-7-4-6(12)9-10(8(7)13)16-11(2,3)15-9/h4,7-10H,1-3H3/t7?,8?,9-,10+,13?/m1/s1. The SMILES string of the molecule is CC(=O)N1C2C=C(Br)[C@H]3OC(C)(C)O[C@H]3C21. The minimum absolute atomic E-state index is 0.0386. The van der Waals surface area contributed by atoms with Gasteiger partial charge in [0.25, 0.3) is 0 Å². The summed E-state index contributed by atoms with van der Waals surface area (Å²) < 4.78 is 12.7. The van der Waals surface area contributed by atoms with Crippen molar-refractivity contribution in [1.82, 2.24) is 4.90 Å². The number of nitrogens with zero attached hydrogens (tertiary/aromatic N) is 1. The molecule has 0 aromatic rings. The Hall–Kier alpha value is -0.390. The van der Waals surface area contributed by atoms with E-state index >= 15 is 0 Å². The van der Waals surface area contributed by atoms with E-state index in [0.29, 0.717) is 0 Å². The van der Waals surface area contributed by atoms with Gasteiger partial charge in [-0.05, 0) is 19.9 Å². The molecule has 88 valence electrons. The van der Waals surface area contributed by atoms with Crippen LogP contribution in [0.1, 0.15) is 20.8 Å². The number of hydrogen-bond donors (Lipinski definition) is 0. The Labute approximate surface area is 103 Å². The van der Waals surface area contributed by atoms with Gasteiger partial charge in [-0.15, -0.1) is 0 Å². The fourth-order valence-electron chi connectivity index (χ4n) is 2.73. The van der Waals surface area contributed by atoms with Gasteiger partial charge < -0.3 is 14.4 Å². The predicted octanol–water partition coefficient (Wildman–Crippen LogP) is 1.40. The zero-order valence-electron chi connectivity index (χ0n) is 9.44. The van der Waals surface area contributed by atoms with Crippen LogP contribution in [-0.2, 0) is 14.3 Å². The lowest BCUT2D eigenvalue weighted by molar-refractivity contribution is -0.145. The van der Waals surface area contributed by atoms with Crippen LogP contribution >= 0.6 is 15.9 Å². The Morgan fingerprint density at radius 1 is 1.50 bits per heavy atom. The maximum absolute atomic E-state index is 11.4. The number of fused-ring (bicyclic) bond motifs is 3. The Balaban J connectivity index is 1.90. The van der Waals surface area contributed by atoms with Gasteiger partial charge in [-0.2, -0.15) is 0 Å². The smallest absolute Gasteiger partial charge is 0.220 e. The molecule has 3 aliphatic rings. The number of carbonyl (C=O) groups is 1. The quantitative estimate of drug-likeness (QED) is 0.632. The van der Waals surface area contributed by atoms with Crippen LogP contribution < -0.4 is 0 Å². The van der Waals surface area contributed by atoms with Crippen molar-refractivity contribution < 1.29 is 14.3 Å². The largest absolute Gasteiger partial charge is 0.342 e. The Morgan fingerprint density at radius 2 is 2.19 bits per heavy atom. The van der Waals surface area contributed by atoms with Gasteiger partial charge in [0.15, 0.2) is 5.79 Å². The number of rotatable bonds is 0. The predicted molar refractivity (Wildman–Crippen MR) is 60.9 cm³/mol. The highest BCUT2D eigenvalue weighted by Gasteiger charge is 2.62. The zero-order chi connectivity index (χ0) is 11.7. The fraction of sp³-hybridized carbons (Fsp3) is 0.727. The molecule has 16 heavy (non-hydrogen) atoms. The van der Waals surface area contributed by atoms with Crippen LogP contribution in [0.4, 0.5) is 0 Å². The number of carbonyl (C=O) groups excluding carboxylic acids is 1. The lowest BCUT2D eigenvalue weighted by atomic mass is 10.0. The summed E-state index contributed by atoms with van der Waals surface area (Å²) in [6.45, 7) is 5.40. The van der Waals surface area contributed by atoms with Crippen molar-refractivity contribution in [3.63, 3.8) is 0 Å². The molecule has 1 aliphatic carbocycles. The zero-order valence-corrected chi connectivity index (χ0v) is 11.0. The van der Waals surface area contributed by atoms with Crippen molar-refractivity contribution in [3.05, 3.63) is 10.6 Å². The summed E-state index contributed by atoms with van der Waals surface area (Å²) in [6.07, 6.45) is 1.95. The highest BCUT2D eigenvalue weighted by atomic mass is 79.9. The van der Waals surface area contributed by atoms with Crippen molar-refractivity contribution in [2.24, 2.45) is 0 Å². The van der Waals surface area contributed by atoms with Crippen molar-refractivity contribution >= 4 is 21.8 Å². The maximum atomic E-state index is 11.4. The van der Waals surface area contributed by atoms with Crippen LogP contribution in [0.15, 0.2) is 10.6 Å². The third kappa shape index (κ3) is 1.38. The van der Waals surface area contributed by atoms with E-state index in [4.69, 9.17) is 9.47 Å². The Bertz CT molecular complexity index is 393. The highest BCUT2D eigenvalue weighted by Crippen LogP contribution is 2.48. The molecule has 5 heteroatoms. The van der Waals surface area contributed by atoms with Crippen molar-refractivity contribution in [1.29, 1.82) is 0 Å². The van der Waals surface area contributed by atoms with Gasteiger partial charge in [0.2, 0.25) is 5.91 Å². The third-order valence-corrected chi connectivity index (χ3v) is 4.05. The molecule has 4 nitrogen and oxygen atoms in total. The first-order chi connectivity index (χ1) is 7.41. The van der Waals surface area contributed by atoms with Crippen molar-refractivity contribution in [3.8, 4) is 0 Å². The van der Waals surface area contributed by atoms with Gasteiger partial charge >= 0.3 is 0 Å². The van der Waals surface area contributed by atoms with Gasteiger partial charge in [0, 0.05) is 11.4 Å². The number of hydrogen-bond acceptors (Lipinski definition) is 3.